The van der Waals surface area contributed by atoms with Gasteiger partial charge in [-0.2, -0.15) is 13.2 Å². The maximum absolute atomic E-state index is 12.7. The molecule has 0 aliphatic carbocycles. The van der Waals surface area contributed by atoms with E-state index in [1.807, 2.05) is 0 Å². The summed E-state index contributed by atoms with van der Waals surface area (Å²) in [6.07, 6.45) is -5.50. The number of benzene rings is 2. The molecule has 2 aromatic carbocycles. The van der Waals surface area contributed by atoms with Gasteiger partial charge in [-0.25, -0.2) is 0 Å². The second-order valence-corrected chi connectivity index (χ2v) is 6.48. The Morgan fingerprint density at radius 2 is 1.86 bits per heavy atom. The number of Topliss-reactive ketones (excluding diaryl/α,β-unsaturated/α-hetero) is 1. The summed E-state index contributed by atoms with van der Waals surface area (Å²) in [5, 5.41) is 10.1. The molecule has 11 heteroatoms. The fraction of sp³-hybridized carbons (Fsp3) is 0.176. The van der Waals surface area contributed by atoms with Crippen molar-refractivity contribution in [2.24, 2.45) is 0 Å². The van der Waals surface area contributed by atoms with E-state index in [0.29, 0.717) is 6.07 Å². The van der Waals surface area contributed by atoms with Crippen LogP contribution in [0, 0.1) is 10.1 Å². The first-order valence-corrected chi connectivity index (χ1v) is 8.35. The van der Waals surface area contributed by atoms with Crippen molar-refractivity contribution in [2.45, 2.75) is 19.0 Å². The van der Waals surface area contributed by atoms with Crippen LogP contribution in [0.3, 0.4) is 0 Å². The normalized spacial score (nSPS) is 11.2. The van der Waals surface area contributed by atoms with E-state index in [1.165, 1.54) is 12.1 Å². The number of rotatable bonds is 7. The zero-order valence-electron chi connectivity index (χ0n) is 13.8. The van der Waals surface area contributed by atoms with Crippen molar-refractivity contribution < 1.29 is 32.4 Å². The Labute approximate surface area is 166 Å². The number of carbonyl (C=O) groups is 2. The van der Waals surface area contributed by atoms with Crippen molar-refractivity contribution in [3.8, 4) is 11.5 Å². The first kappa shape index (κ1) is 21.7. The van der Waals surface area contributed by atoms with Crippen molar-refractivity contribution in [1.82, 2.24) is 0 Å². The Bertz CT molecular complexity index is 949. The van der Waals surface area contributed by atoms with E-state index >= 15 is 0 Å². The summed E-state index contributed by atoms with van der Waals surface area (Å²) >= 11 is 9.30. The lowest BCUT2D eigenvalue weighted by atomic mass is 10.0. The molecule has 0 aliphatic heterocycles. The Morgan fingerprint density at radius 1 is 1.18 bits per heavy atom. The zero-order valence-corrected chi connectivity index (χ0v) is 15.5. The van der Waals surface area contributed by atoms with Crippen molar-refractivity contribution >= 4 is 40.8 Å². The van der Waals surface area contributed by atoms with Gasteiger partial charge in [-0.1, -0.05) is 11.6 Å². The summed E-state index contributed by atoms with van der Waals surface area (Å²) in [6.45, 7) is 0. The van der Waals surface area contributed by atoms with Crippen LogP contribution in [-0.2, 0) is 22.2 Å². The first-order chi connectivity index (χ1) is 13.0. The van der Waals surface area contributed by atoms with Crippen LogP contribution in [0.5, 0.6) is 11.5 Å². The number of thiol groups is 1. The number of nitro benzene ring substituents is 1. The van der Waals surface area contributed by atoms with E-state index in [-0.39, 0.29) is 27.8 Å². The molecule has 0 N–H and O–H groups in total. The van der Waals surface area contributed by atoms with E-state index in [9.17, 15) is 32.9 Å². The topological polar surface area (TPSA) is 86.5 Å². The smallest absolute Gasteiger partial charge is 0.416 e. The van der Waals surface area contributed by atoms with Crippen molar-refractivity contribution in [3.63, 3.8) is 0 Å². The number of ether oxygens (including phenoxy) is 1. The molecule has 0 saturated heterocycles. The fourth-order valence-electron chi connectivity index (χ4n) is 2.28. The molecule has 28 heavy (non-hydrogen) atoms. The lowest BCUT2D eigenvalue weighted by Crippen LogP contribution is -2.08. The summed E-state index contributed by atoms with van der Waals surface area (Å²) in [5.74, 6) is -0.675. The van der Waals surface area contributed by atoms with Gasteiger partial charge in [0.2, 0.25) is 0 Å². The highest BCUT2D eigenvalue weighted by Gasteiger charge is 2.31. The lowest BCUT2D eigenvalue weighted by Gasteiger charge is -2.12. The average Bonchev–Trinajstić information content (AvgIpc) is 2.54. The summed E-state index contributed by atoms with van der Waals surface area (Å²) < 4.78 is 43.5. The van der Waals surface area contributed by atoms with Gasteiger partial charge in [0, 0.05) is 18.1 Å². The van der Waals surface area contributed by atoms with Gasteiger partial charge < -0.3 is 4.74 Å². The number of alkyl halides is 3. The molecular formula is C17H11ClF3NO5S. The van der Waals surface area contributed by atoms with E-state index in [0.717, 1.165) is 18.2 Å². The molecule has 0 spiro atoms. The van der Waals surface area contributed by atoms with E-state index < -0.39 is 40.4 Å². The Balaban J connectivity index is 2.32. The predicted octanol–water partition coefficient (Wildman–Crippen LogP) is 5.02. The highest BCUT2D eigenvalue weighted by atomic mass is 35.5. The van der Waals surface area contributed by atoms with Crippen molar-refractivity contribution in [2.75, 3.05) is 0 Å². The first-order valence-electron chi connectivity index (χ1n) is 7.53. The number of carbonyl (C=O) groups excluding carboxylic acids is 2. The van der Waals surface area contributed by atoms with Gasteiger partial charge in [-0.3, -0.25) is 19.7 Å². The van der Waals surface area contributed by atoms with Crippen LogP contribution >= 0.6 is 24.2 Å². The second-order valence-electron chi connectivity index (χ2n) is 5.58. The van der Waals surface area contributed by atoms with E-state index in [1.54, 1.807) is 0 Å². The molecule has 2 aromatic rings. The average molecular weight is 434 g/mol. The third kappa shape index (κ3) is 5.70. The number of hydrogen-bond donors (Lipinski definition) is 1. The van der Waals surface area contributed by atoms with Crippen LogP contribution in [0.25, 0.3) is 0 Å². The molecule has 0 atom stereocenters. The molecule has 0 amide bonds. The molecule has 0 aliphatic rings. The van der Waals surface area contributed by atoms with Crippen molar-refractivity contribution in [1.29, 1.82) is 0 Å². The zero-order chi connectivity index (χ0) is 21.1. The van der Waals surface area contributed by atoms with Crippen molar-refractivity contribution in [3.05, 3.63) is 62.7 Å². The highest BCUT2D eigenvalue weighted by Crippen LogP contribution is 2.37. The molecule has 0 aromatic heterocycles. The summed E-state index contributed by atoms with van der Waals surface area (Å²) in [6, 6.07) is 5.95. The molecule has 6 nitrogen and oxygen atoms in total. The van der Waals surface area contributed by atoms with Gasteiger partial charge in [0.25, 0.3) is 5.69 Å². The van der Waals surface area contributed by atoms with Gasteiger partial charge in [0.15, 0.2) is 5.12 Å². The minimum Gasteiger partial charge on any atom is -0.456 e. The SMILES string of the molecule is O=C(S)CC(=O)Cc1cc(Oc2ccc(C(F)(F)F)cc2Cl)ccc1[N+](=O)[O-]. The van der Waals surface area contributed by atoms with Crippen LogP contribution in [0.1, 0.15) is 17.5 Å². The number of hydrogen-bond acceptors (Lipinski definition) is 5. The second kappa shape index (κ2) is 8.61. The number of nitrogens with zero attached hydrogens (tertiary/aromatic N) is 1. The van der Waals surface area contributed by atoms with Gasteiger partial charge in [-0.05, 0) is 30.3 Å². The van der Waals surface area contributed by atoms with Gasteiger partial charge in [0.1, 0.15) is 17.3 Å². The lowest BCUT2D eigenvalue weighted by molar-refractivity contribution is -0.385. The maximum atomic E-state index is 12.7. The molecule has 0 fully saturated rings. The fourth-order valence-corrected chi connectivity index (χ4v) is 2.67. The minimum atomic E-state index is -4.58. The maximum Gasteiger partial charge on any atom is 0.416 e. The van der Waals surface area contributed by atoms with Crippen LogP contribution in [0.4, 0.5) is 18.9 Å². The Hall–Kier alpha value is -2.59. The Morgan fingerprint density at radius 3 is 2.39 bits per heavy atom. The number of nitro groups is 1. The van der Waals surface area contributed by atoms with Crippen LogP contribution in [0.15, 0.2) is 36.4 Å². The molecule has 0 radical (unpaired) electrons. The summed E-state index contributed by atoms with van der Waals surface area (Å²) in [5.41, 5.74) is -1.35. The van der Waals surface area contributed by atoms with Gasteiger partial charge in [-0.15, -0.1) is 12.6 Å². The summed E-state index contributed by atoms with van der Waals surface area (Å²) in [4.78, 5) is 33.1. The number of ketones is 1. The van der Waals surface area contributed by atoms with Crippen LogP contribution < -0.4 is 4.74 Å². The molecule has 0 bridgehead atoms. The molecule has 148 valence electrons. The van der Waals surface area contributed by atoms with Crippen LogP contribution in [-0.4, -0.2) is 15.8 Å². The van der Waals surface area contributed by atoms with E-state index in [4.69, 9.17) is 16.3 Å². The van der Waals surface area contributed by atoms with Gasteiger partial charge in [0.05, 0.1) is 21.9 Å². The molecule has 0 unspecified atom stereocenters. The molecule has 0 heterocycles. The Kier molecular flexibility index (Phi) is 6.68. The minimum absolute atomic E-state index is 0.0206. The third-order valence-corrected chi connectivity index (χ3v) is 3.92. The van der Waals surface area contributed by atoms with Gasteiger partial charge >= 0.3 is 6.18 Å². The van der Waals surface area contributed by atoms with Crippen LogP contribution in [0.2, 0.25) is 5.02 Å². The van der Waals surface area contributed by atoms with E-state index in [2.05, 4.69) is 12.6 Å². The third-order valence-electron chi connectivity index (χ3n) is 3.47. The molecular weight excluding hydrogens is 423 g/mol. The quantitative estimate of drug-likeness (QED) is 0.287. The monoisotopic (exact) mass is 433 g/mol. The number of halogens is 4. The summed E-state index contributed by atoms with van der Waals surface area (Å²) in [7, 11) is 0. The predicted molar refractivity (Wildman–Crippen MR) is 96.9 cm³/mol. The largest absolute Gasteiger partial charge is 0.456 e. The molecule has 0 saturated carbocycles. The molecule has 2 rings (SSSR count). The standard InChI is InChI=1S/C17H11ClF3NO5S/c18-13-7-10(17(19,20)21)1-4-15(13)27-12-2-3-14(22(25)26)9(6-12)5-11(23)8-16(24)28/h1-4,6-7H,5,8H2,(H,24,28). The highest BCUT2D eigenvalue weighted by molar-refractivity contribution is 7.96.